The Morgan fingerprint density at radius 1 is 1.53 bits per heavy atom. The summed E-state index contributed by atoms with van der Waals surface area (Å²) in [5.41, 5.74) is 0. The van der Waals surface area contributed by atoms with E-state index >= 15 is 0 Å². The first-order valence-electron chi connectivity index (χ1n) is 6.25. The lowest BCUT2D eigenvalue weighted by Crippen LogP contribution is -2.28. The van der Waals surface area contributed by atoms with Gasteiger partial charge in [-0.15, -0.1) is 0 Å². The van der Waals surface area contributed by atoms with Gasteiger partial charge in [-0.2, -0.15) is 0 Å². The summed E-state index contributed by atoms with van der Waals surface area (Å²) in [6, 6.07) is 0. The number of carbonyl (C=O) groups excluding carboxylic acids is 1. The van der Waals surface area contributed by atoms with Crippen LogP contribution in [0.5, 0.6) is 0 Å². The molecule has 0 radical (unpaired) electrons. The van der Waals surface area contributed by atoms with Crippen molar-refractivity contribution >= 4 is 5.78 Å². The minimum absolute atomic E-state index is 0.0434. The average molecular weight is 244 g/mol. The molecule has 0 aromatic carbocycles. The predicted molar refractivity (Wildman–Crippen MR) is 59.2 cm³/mol. The number of aliphatic hydroxyl groups is 1. The highest BCUT2D eigenvalue weighted by molar-refractivity contribution is 5.81. The molecular weight excluding hydrogens is 224 g/mol. The summed E-state index contributed by atoms with van der Waals surface area (Å²) in [7, 11) is 0. The van der Waals surface area contributed by atoms with Crippen LogP contribution in [0.25, 0.3) is 0 Å². The molecule has 0 aromatic rings. The Hall–Kier alpha value is -0.490. The summed E-state index contributed by atoms with van der Waals surface area (Å²) < 4.78 is 16.1. The summed E-state index contributed by atoms with van der Waals surface area (Å²) in [6.07, 6.45) is 1.25. The zero-order valence-corrected chi connectivity index (χ0v) is 10.2. The highest BCUT2D eigenvalue weighted by atomic mass is 16.7. The zero-order chi connectivity index (χ0) is 12.3. The van der Waals surface area contributed by atoms with E-state index in [0.717, 1.165) is 12.8 Å². The molecule has 1 saturated heterocycles. The molecular formula is C12H20O5. The van der Waals surface area contributed by atoms with Crippen molar-refractivity contribution in [3.05, 3.63) is 0 Å². The van der Waals surface area contributed by atoms with Crippen LogP contribution in [0, 0.1) is 5.92 Å². The second-order valence-corrected chi connectivity index (χ2v) is 4.63. The van der Waals surface area contributed by atoms with Gasteiger partial charge in [0.25, 0.3) is 0 Å². The van der Waals surface area contributed by atoms with E-state index < -0.39 is 12.1 Å². The lowest BCUT2D eigenvalue weighted by Gasteiger charge is -2.21. The number of rotatable bonds is 5. The lowest BCUT2D eigenvalue weighted by molar-refractivity contribution is -0.157. The minimum atomic E-state index is -0.977. The molecule has 5 nitrogen and oxygen atoms in total. The summed E-state index contributed by atoms with van der Waals surface area (Å²) in [5, 5.41) is 9.43. The van der Waals surface area contributed by atoms with E-state index in [1.54, 1.807) is 6.92 Å². The molecule has 1 saturated carbocycles. The quantitative estimate of drug-likeness (QED) is 0.726. The molecule has 0 amide bonds. The Morgan fingerprint density at radius 3 is 2.88 bits per heavy atom. The molecule has 1 spiro atoms. The van der Waals surface area contributed by atoms with Crippen molar-refractivity contribution in [2.24, 2.45) is 5.92 Å². The van der Waals surface area contributed by atoms with Crippen LogP contribution in [0.3, 0.4) is 0 Å². The third-order valence-corrected chi connectivity index (χ3v) is 3.43. The summed E-state index contributed by atoms with van der Waals surface area (Å²) in [5.74, 6) is -0.540. The van der Waals surface area contributed by atoms with Crippen molar-refractivity contribution in [2.45, 2.75) is 44.7 Å². The van der Waals surface area contributed by atoms with E-state index in [1.165, 1.54) is 0 Å². The van der Waals surface area contributed by atoms with Gasteiger partial charge < -0.3 is 19.3 Å². The maximum absolute atomic E-state index is 11.9. The Kier molecular flexibility index (Phi) is 4.14. The van der Waals surface area contributed by atoms with E-state index in [0.29, 0.717) is 26.2 Å². The SMILES string of the molecule is CCOC(O)CC(=O)C1CCC2(C1)OCCO2. The molecule has 2 fully saturated rings. The van der Waals surface area contributed by atoms with Crippen LogP contribution in [0.15, 0.2) is 0 Å². The van der Waals surface area contributed by atoms with Crippen LogP contribution >= 0.6 is 0 Å². The van der Waals surface area contributed by atoms with Crippen molar-refractivity contribution < 1.29 is 24.1 Å². The Labute approximate surface area is 101 Å². The van der Waals surface area contributed by atoms with Gasteiger partial charge >= 0.3 is 0 Å². The fourth-order valence-electron chi connectivity index (χ4n) is 2.60. The Balaban J connectivity index is 1.81. The second kappa shape index (κ2) is 5.44. The van der Waals surface area contributed by atoms with Gasteiger partial charge in [0.1, 0.15) is 5.78 Å². The molecule has 0 bridgehead atoms. The van der Waals surface area contributed by atoms with Crippen molar-refractivity contribution in [2.75, 3.05) is 19.8 Å². The van der Waals surface area contributed by atoms with Gasteiger partial charge in [-0.3, -0.25) is 4.79 Å². The normalized spacial score (nSPS) is 28.7. The molecule has 1 N–H and O–H groups in total. The van der Waals surface area contributed by atoms with E-state index in [2.05, 4.69) is 0 Å². The number of aliphatic hydroxyl groups excluding tert-OH is 1. The summed E-state index contributed by atoms with van der Waals surface area (Å²) in [6.45, 7) is 3.43. The monoisotopic (exact) mass is 244 g/mol. The number of Topliss-reactive ketones (excluding diaryl/α,β-unsaturated/α-hetero) is 1. The van der Waals surface area contributed by atoms with E-state index in [1.807, 2.05) is 0 Å². The van der Waals surface area contributed by atoms with E-state index in [9.17, 15) is 9.90 Å². The van der Waals surface area contributed by atoms with E-state index in [4.69, 9.17) is 14.2 Å². The van der Waals surface area contributed by atoms with Gasteiger partial charge in [-0.25, -0.2) is 0 Å². The molecule has 2 aliphatic rings. The third kappa shape index (κ3) is 3.04. The highest BCUT2D eigenvalue weighted by Gasteiger charge is 2.46. The average Bonchev–Trinajstić information content (AvgIpc) is 2.90. The van der Waals surface area contributed by atoms with Gasteiger partial charge in [0.05, 0.1) is 19.6 Å². The molecule has 2 unspecified atom stereocenters. The van der Waals surface area contributed by atoms with Crippen molar-refractivity contribution in [1.29, 1.82) is 0 Å². The third-order valence-electron chi connectivity index (χ3n) is 3.43. The number of ether oxygens (including phenoxy) is 3. The van der Waals surface area contributed by atoms with Crippen LogP contribution in [-0.2, 0) is 19.0 Å². The van der Waals surface area contributed by atoms with Gasteiger partial charge in [-0.1, -0.05) is 0 Å². The molecule has 0 aromatic heterocycles. The fourth-order valence-corrected chi connectivity index (χ4v) is 2.60. The molecule has 2 atom stereocenters. The Bertz CT molecular complexity index is 272. The van der Waals surface area contributed by atoms with Gasteiger partial charge in [0, 0.05) is 25.4 Å². The molecule has 5 heteroatoms. The smallest absolute Gasteiger partial charge is 0.169 e. The van der Waals surface area contributed by atoms with Crippen LogP contribution in [-0.4, -0.2) is 42.8 Å². The number of hydrogen-bond acceptors (Lipinski definition) is 5. The standard InChI is InChI=1S/C12H20O5/c1-2-15-11(14)7-10(13)9-3-4-12(8-9)16-5-6-17-12/h9,11,14H,2-8H2,1H3. The van der Waals surface area contributed by atoms with Gasteiger partial charge in [-0.05, 0) is 13.3 Å². The van der Waals surface area contributed by atoms with Crippen molar-refractivity contribution in [1.82, 2.24) is 0 Å². The Morgan fingerprint density at radius 2 is 2.24 bits per heavy atom. The first-order valence-corrected chi connectivity index (χ1v) is 6.25. The molecule has 17 heavy (non-hydrogen) atoms. The highest BCUT2D eigenvalue weighted by Crippen LogP contribution is 2.41. The largest absolute Gasteiger partial charge is 0.368 e. The second-order valence-electron chi connectivity index (χ2n) is 4.63. The molecule has 1 aliphatic heterocycles. The fraction of sp³-hybridized carbons (Fsp3) is 0.917. The first-order chi connectivity index (χ1) is 8.15. The maximum Gasteiger partial charge on any atom is 0.169 e. The van der Waals surface area contributed by atoms with E-state index in [-0.39, 0.29) is 18.1 Å². The van der Waals surface area contributed by atoms with Crippen molar-refractivity contribution in [3.63, 3.8) is 0 Å². The van der Waals surface area contributed by atoms with Gasteiger partial charge in [0.2, 0.25) is 0 Å². The number of ketones is 1. The van der Waals surface area contributed by atoms with Crippen LogP contribution < -0.4 is 0 Å². The summed E-state index contributed by atoms with van der Waals surface area (Å²) >= 11 is 0. The van der Waals surface area contributed by atoms with Crippen LogP contribution in [0.2, 0.25) is 0 Å². The number of carbonyl (C=O) groups is 1. The zero-order valence-electron chi connectivity index (χ0n) is 10.2. The van der Waals surface area contributed by atoms with Gasteiger partial charge in [0.15, 0.2) is 12.1 Å². The van der Waals surface area contributed by atoms with Crippen LogP contribution in [0.4, 0.5) is 0 Å². The number of hydrogen-bond donors (Lipinski definition) is 1. The first kappa shape index (κ1) is 13.0. The predicted octanol–water partition coefficient (Wildman–Crippen LogP) is 0.844. The maximum atomic E-state index is 11.9. The lowest BCUT2D eigenvalue weighted by atomic mass is 9.99. The molecule has 98 valence electrons. The summed E-state index contributed by atoms with van der Waals surface area (Å²) in [4.78, 5) is 11.9. The van der Waals surface area contributed by atoms with Crippen molar-refractivity contribution in [3.8, 4) is 0 Å². The van der Waals surface area contributed by atoms with Crippen LogP contribution in [0.1, 0.15) is 32.6 Å². The molecule has 2 rings (SSSR count). The molecule has 1 heterocycles. The molecule has 1 aliphatic carbocycles. The minimum Gasteiger partial charge on any atom is -0.368 e. The topological polar surface area (TPSA) is 65.0 Å².